The van der Waals surface area contributed by atoms with Gasteiger partial charge in [-0.2, -0.15) is 13.2 Å². The molecule has 1 aliphatic heterocycles. The van der Waals surface area contributed by atoms with E-state index in [0.717, 1.165) is 47.5 Å². The van der Waals surface area contributed by atoms with Gasteiger partial charge < -0.3 is 4.90 Å². The number of fused-ring (bicyclic) bond motifs is 1. The first kappa shape index (κ1) is 18.1. The minimum atomic E-state index is -4.71. The van der Waals surface area contributed by atoms with Gasteiger partial charge in [0.2, 0.25) is 0 Å². The van der Waals surface area contributed by atoms with Gasteiger partial charge in [-0.1, -0.05) is 0 Å². The maximum absolute atomic E-state index is 13.9. The highest BCUT2D eigenvalue weighted by Crippen LogP contribution is 2.41. The molecule has 0 fully saturated rings. The van der Waals surface area contributed by atoms with Gasteiger partial charge in [0.25, 0.3) is 5.91 Å². The van der Waals surface area contributed by atoms with Crippen LogP contribution in [0.3, 0.4) is 0 Å². The minimum absolute atomic E-state index is 0.00413. The molecule has 2 aromatic heterocycles. The Labute approximate surface area is 184 Å². The third kappa shape index (κ3) is 4.00. The van der Waals surface area contributed by atoms with Crippen molar-refractivity contribution in [3.63, 3.8) is 0 Å². The molecule has 4 rings (SSSR count). The number of benzene rings is 1. The van der Waals surface area contributed by atoms with Gasteiger partial charge in [-0.15, -0.1) is 0 Å². The molecular formula is C22H17F5N4O. The van der Waals surface area contributed by atoms with Crippen LogP contribution in [0.25, 0.3) is 0 Å². The average molecular weight is 451 g/mol. The van der Waals surface area contributed by atoms with Gasteiger partial charge in [-0.05, 0) is 55.0 Å². The van der Waals surface area contributed by atoms with E-state index in [4.69, 9.17) is 4.11 Å². The number of carbonyl (C=O) groups is 1. The lowest BCUT2D eigenvalue weighted by Crippen LogP contribution is -2.45. The lowest BCUT2D eigenvalue weighted by atomic mass is 10.1. The number of aromatic nitrogens is 2. The lowest BCUT2D eigenvalue weighted by molar-refractivity contribution is -0.137. The number of pyridine rings is 2. The lowest BCUT2D eigenvalue weighted by Gasteiger charge is -2.29. The van der Waals surface area contributed by atoms with Crippen LogP contribution < -0.4 is 9.80 Å². The Morgan fingerprint density at radius 3 is 2.56 bits per heavy atom. The molecule has 1 atom stereocenters. The standard InChI is InChI=1S/C22H17F5N4O/c1-12-7-14(22(25,26)27)10-20(29-12)31-17-5-3-15(23)8-13(17)9-18(31)21(32)30(2)19-6-4-16(24)11-28-19/h3-8,10-11,18H,9H2,1-2H3/i2D3. The predicted octanol–water partition coefficient (Wildman–Crippen LogP) is 4.81. The Morgan fingerprint density at radius 1 is 1.16 bits per heavy atom. The Morgan fingerprint density at radius 2 is 1.91 bits per heavy atom. The number of carbonyl (C=O) groups excluding carboxylic acids is 1. The molecule has 1 aromatic carbocycles. The summed E-state index contributed by atoms with van der Waals surface area (Å²) in [7, 11) is 0. The van der Waals surface area contributed by atoms with Gasteiger partial charge in [0.05, 0.1) is 11.8 Å². The summed E-state index contributed by atoms with van der Waals surface area (Å²) in [5.74, 6) is -3.11. The number of aryl methyl sites for hydroxylation is 1. The van der Waals surface area contributed by atoms with Gasteiger partial charge in [0.15, 0.2) is 0 Å². The Bertz CT molecular complexity index is 1280. The maximum Gasteiger partial charge on any atom is 0.416 e. The zero-order valence-electron chi connectivity index (χ0n) is 19.5. The number of rotatable bonds is 3. The van der Waals surface area contributed by atoms with Crippen molar-refractivity contribution < 1.29 is 30.9 Å². The van der Waals surface area contributed by atoms with E-state index in [1.54, 1.807) is 0 Å². The van der Waals surface area contributed by atoms with Crippen LogP contribution in [-0.4, -0.2) is 28.9 Å². The maximum atomic E-state index is 13.9. The Kier molecular flexibility index (Phi) is 4.43. The number of anilines is 3. The molecule has 5 nitrogen and oxygen atoms in total. The van der Waals surface area contributed by atoms with E-state index in [-0.39, 0.29) is 35.0 Å². The number of alkyl halides is 3. The summed E-state index contributed by atoms with van der Waals surface area (Å²) in [6, 6.07) is 5.57. The fourth-order valence-electron chi connectivity index (χ4n) is 3.60. The highest BCUT2D eigenvalue weighted by atomic mass is 19.4. The highest BCUT2D eigenvalue weighted by Gasteiger charge is 2.40. The number of amides is 1. The summed E-state index contributed by atoms with van der Waals surface area (Å²) in [6.45, 7) is -1.72. The van der Waals surface area contributed by atoms with Crippen LogP contribution in [0.15, 0.2) is 48.7 Å². The average Bonchev–Trinajstić information content (AvgIpc) is 3.12. The zero-order valence-corrected chi connectivity index (χ0v) is 16.5. The molecule has 1 unspecified atom stereocenters. The topological polar surface area (TPSA) is 49.3 Å². The molecule has 166 valence electrons. The molecule has 3 aromatic rings. The van der Waals surface area contributed by atoms with Crippen molar-refractivity contribution in [3.8, 4) is 0 Å². The molecular weight excluding hydrogens is 431 g/mol. The van der Waals surface area contributed by atoms with E-state index in [1.165, 1.54) is 13.0 Å². The van der Waals surface area contributed by atoms with Crippen molar-refractivity contribution in [2.24, 2.45) is 0 Å². The number of hydrogen-bond donors (Lipinski definition) is 0. The van der Waals surface area contributed by atoms with E-state index in [0.29, 0.717) is 4.90 Å². The molecule has 10 heteroatoms. The molecule has 32 heavy (non-hydrogen) atoms. The molecule has 1 amide bonds. The number of halogens is 5. The van der Waals surface area contributed by atoms with Crippen molar-refractivity contribution >= 4 is 23.2 Å². The van der Waals surface area contributed by atoms with Crippen molar-refractivity contribution in [1.82, 2.24) is 9.97 Å². The largest absolute Gasteiger partial charge is 0.416 e. The first-order chi connectivity index (χ1) is 16.3. The first-order valence-electron chi connectivity index (χ1n) is 10.8. The van der Waals surface area contributed by atoms with E-state index < -0.39 is 42.3 Å². The van der Waals surface area contributed by atoms with Gasteiger partial charge in [-0.3, -0.25) is 9.69 Å². The summed E-state index contributed by atoms with van der Waals surface area (Å²) in [4.78, 5) is 23.0. The van der Waals surface area contributed by atoms with Crippen molar-refractivity contribution in [2.45, 2.75) is 25.6 Å². The fraction of sp³-hybridized carbons (Fsp3) is 0.227. The number of likely N-dealkylation sites (N-methyl/N-ethyl adjacent to an activating group) is 1. The first-order valence-corrected chi connectivity index (χ1v) is 9.35. The quantitative estimate of drug-likeness (QED) is 0.537. The summed E-state index contributed by atoms with van der Waals surface area (Å²) >= 11 is 0. The molecule has 0 aliphatic carbocycles. The fourth-order valence-corrected chi connectivity index (χ4v) is 3.60. The third-order valence-corrected chi connectivity index (χ3v) is 4.99. The van der Waals surface area contributed by atoms with Crippen molar-refractivity contribution in [3.05, 3.63) is 77.1 Å². The SMILES string of the molecule is [2H]C([2H])([2H])N(C(=O)C1Cc2cc(F)ccc2N1c1cc(C(F)(F)F)cc(C)n1)c1ccc(F)cn1. The molecule has 0 saturated carbocycles. The van der Waals surface area contributed by atoms with E-state index in [2.05, 4.69) is 9.97 Å². The van der Waals surface area contributed by atoms with Crippen LogP contribution in [0.1, 0.15) is 20.9 Å². The monoisotopic (exact) mass is 451 g/mol. The highest BCUT2D eigenvalue weighted by molar-refractivity contribution is 6.01. The molecule has 0 N–H and O–H groups in total. The van der Waals surface area contributed by atoms with Crippen LogP contribution in [0.5, 0.6) is 0 Å². The molecule has 0 spiro atoms. The van der Waals surface area contributed by atoms with Gasteiger partial charge in [0.1, 0.15) is 29.3 Å². The van der Waals surface area contributed by atoms with E-state index in [1.807, 2.05) is 0 Å². The number of hydrogen-bond acceptors (Lipinski definition) is 4. The minimum Gasteiger partial charge on any atom is -0.313 e. The zero-order chi connectivity index (χ0) is 25.7. The summed E-state index contributed by atoms with van der Waals surface area (Å²) in [5.41, 5.74) is -0.537. The molecule has 3 heterocycles. The molecule has 0 bridgehead atoms. The van der Waals surface area contributed by atoms with Crippen LogP contribution in [-0.2, 0) is 17.4 Å². The molecule has 0 radical (unpaired) electrons. The molecule has 0 saturated heterocycles. The van der Waals surface area contributed by atoms with Crippen molar-refractivity contribution in [1.29, 1.82) is 0 Å². The van der Waals surface area contributed by atoms with E-state index >= 15 is 0 Å². The number of nitrogens with zero attached hydrogens (tertiary/aromatic N) is 4. The second-order valence-electron chi connectivity index (χ2n) is 7.22. The predicted molar refractivity (Wildman–Crippen MR) is 108 cm³/mol. The van der Waals surface area contributed by atoms with Gasteiger partial charge in [-0.25, -0.2) is 18.7 Å². The Balaban J connectivity index is 1.86. The van der Waals surface area contributed by atoms with E-state index in [9.17, 15) is 26.7 Å². The normalized spacial score (nSPS) is 17.4. The summed E-state index contributed by atoms with van der Waals surface area (Å²) in [6.07, 6.45) is -4.19. The Hall–Kier alpha value is -3.56. The third-order valence-electron chi connectivity index (χ3n) is 4.99. The van der Waals surface area contributed by atoms with Crippen molar-refractivity contribution in [2.75, 3.05) is 16.8 Å². The van der Waals surface area contributed by atoms with Crippen LogP contribution >= 0.6 is 0 Å². The van der Waals surface area contributed by atoms with Gasteiger partial charge >= 0.3 is 6.18 Å². The second-order valence-corrected chi connectivity index (χ2v) is 7.22. The smallest absolute Gasteiger partial charge is 0.313 e. The molecule has 1 aliphatic rings. The van der Waals surface area contributed by atoms with Crippen LogP contribution in [0.2, 0.25) is 0 Å². The second kappa shape index (κ2) is 7.85. The van der Waals surface area contributed by atoms with Gasteiger partial charge in [0, 0.05) is 28.9 Å². The van der Waals surface area contributed by atoms with Crippen LogP contribution in [0.4, 0.5) is 39.3 Å². The van der Waals surface area contributed by atoms with Crippen LogP contribution in [0, 0.1) is 18.6 Å². The summed E-state index contributed by atoms with van der Waals surface area (Å²) in [5, 5.41) is 0. The summed E-state index contributed by atoms with van der Waals surface area (Å²) < 4.78 is 91.3.